The predicted octanol–water partition coefficient (Wildman–Crippen LogP) is 0.819. The summed E-state index contributed by atoms with van der Waals surface area (Å²) in [7, 11) is 1.86. The Balaban J connectivity index is 2.61. The van der Waals surface area contributed by atoms with Crippen LogP contribution in [0.15, 0.2) is 12.3 Å². The fraction of sp³-hybridized carbons (Fsp3) is 0.500. The van der Waals surface area contributed by atoms with E-state index in [0.29, 0.717) is 12.5 Å². The molecule has 0 aliphatic heterocycles. The van der Waals surface area contributed by atoms with Crippen LogP contribution >= 0.6 is 0 Å². The maximum atomic E-state index is 5.09. The molecule has 1 aromatic rings. The normalized spacial score (nSPS) is 9.56. The highest BCUT2D eigenvalue weighted by molar-refractivity contribution is 5.04. The van der Waals surface area contributed by atoms with Crippen molar-refractivity contribution in [2.24, 2.45) is 7.05 Å². The SMILES string of the molecule is CCOc1ccn(C)n1. The number of hydrogen-bond acceptors (Lipinski definition) is 2. The topological polar surface area (TPSA) is 27.1 Å². The summed E-state index contributed by atoms with van der Waals surface area (Å²) in [5, 5.41) is 3.99. The van der Waals surface area contributed by atoms with Gasteiger partial charge in [0, 0.05) is 19.3 Å². The molecule has 3 nitrogen and oxygen atoms in total. The molecule has 0 unspecified atom stereocenters. The van der Waals surface area contributed by atoms with Gasteiger partial charge < -0.3 is 4.74 Å². The molecule has 0 aliphatic carbocycles. The lowest BCUT2D eigenvalue weighted by atomic mass is 10.7. The summed E-state index contributed by atoms with van der Waals surface area (Å²) in [6.07, 6.45) is 1.85. The molecule has 3 heteroatoms. The van der Waals surface area contributed by atoms with Gasteiger partial charge in [-0.2, -0.15) is 0 Å². The summed E-state index contributed by atoms with van der Waals surface area (Å²) in [6.45, 7) is 2.62. The summed E-state index contributed by atoms with van der Waals surface area (Å²) in [5.74, 6) is 0.694. The van der Waals surface area contributed by atoms with Crippen LogP contribution in [0.1, 0.15) is 6.92 Å². The Kier molecular flexibility index (Phi) is 1.72. The molecule has 0 saturated carbocycles. The van der Waals surface area contributed by atoms with Crippen LogP contribution in [0.4, 0.5) is 0 Å². The van der Waals surface area contributed by atoms with Gasteiger partial charge in [-0.05, 0) is 6.92 Å². The van der Waals surface area contributed by atoms with Gasteiger partial charge in [-0.25, -0.2) is 0 Å². The fourth-order valence-electron chi connectivity index (χ4n) is 0.619. The Labute approximate surface area is 54.2 Å². The second-order valence-corrected chi connectivity index (χ2v) is 1.76. The van der Waals surface area contributed by atoms with Gasteiger partial charge in [0.05, 0.1) is 6.61 Å². The summed E-state index contributed by atoms with van der Waals surface area (Å²) >= 11 is 0. The van der Waals surface area contributed by atoms with E-state index in [-0.39, 0.29) is 0 Å². The van der Waals surface area contributed by atoms with Crippen molar-refractivity contribution in [3.63, 3.8) is 0 Å². The van der Waals surface area contributed by atoms with Crippen LogP contribution in [0, 0.1) is 0 Å². The molecule has 50 valence electrons. The summed E-state index contributed by atoms with van der Waals surface area (Å²) < 4.78 is 6.81. The van der Waals surface area contributed by atoms with Gasteiger partial charge in [-0.15, -0.1) is 5.10 Å². The zero-order valence-corrected chi connectivity index (χ0v) is 5.66. The van der Waals surface area contributed by atoms with Gasteiger partial charge in [0.2, 0.25) is 5.88 Å². The fourth-order valence-corrected chi connectivity index (χ4v) is 0.619. The number of ether oxygens (including phenoxy) is 1. The lowest BCUT2D eigenvalue weighted by molar-refractivity contribution is 0.323. The molecule has 0 N–H and O–H groups in total. The first-order chi connectivity index (χ1) is 4.33. The molecule has 1 aromatic heterocycles. The average Bonchev–Trinajstić information content (AvgIpc) is 2.17. The molecule has 0 aromatic carbocycles. The second kappa shape index (κ2) is 2.53. The van der Waals surface area contributed by atoms with E-state index in [1.165, 1.54) is 0 Å². The van der Waals surface area contributed by atoms with Crippen LogP contribution in [-0.2, 0) is 7.05 Å². The first-order valence-corrected chi connectivity index (χ1v) is 2.95. The molecule has 0 bridgehead atoms. The molecule has 9 heavy (non-hydrogen) atoms. The van der Waals surface area contributed by atoms with Crippen molar-refractivity contribution in [1.82, 2.24) is 9.78 Å². The van der Waals surface area contributed by atoms with Gasteiger partial charge in [0.25, 0.3) is 0 Å². The third-order valence-corrected chi connectivity index (χ3v) is 0.981. The van der Waals surface area contributed by atoms with Gasteiger partial charge in [-0.1, -0.05) is 0 Å². The lowest BCUT2D eigenvalue weighted by Gasteiger charge is -1.93. The van der Waals surface area contributed by atoms with Crippen molar-refractivity contribution in [3.05, 3.63) is 12.3 Å². The summed E-state index contributed by atoms with van der Waals surface area (Å²) in [5.41, 5.74) is 0. The van der Waals surface area contributed by atoms with E-state index in [1.54, 1.807) is 4.68 Å². The number of hydrogen-bond donors (Lipinski definition) is 0. The average molecular weight is 126 g/mol. The van der Waals surface area contributed by atoms with Gasteiger partial charge in [0.1, 0.15) is 0 Å². The van der Waals surface area contributed by atoms with E-state index in [2.05, 4.69) is 5.10 Å². The highest BCUT2D eigenvalue weighted by Crippen LogP contribution is 2.02. The lowest BCUT2D eigenvalue weighted by Crippen LogP contribution is -1.93. The zero-order valence-electron chi connectivity index (χ0n) is 5.66. The molecule has 0 spiro atoms. The number of rotatable bonds is 2. The summed E-state index contributed by atoms with van der Waals surface area (Å²) in [4.78, 5) is 0. The minimum atomic E-state index is 0.678. The highest BCUT2D eigenvalue weighted by atomic mass is 16.5. The maximum Gasteiger partial charge on any atom is 0.232 e. The Morgan fingerprint density at radius 2 is 2.56 bits per heavy atom. The van der Waals surface area contributed by atoms with Crippen molar-refractivity contribution in [1.29, 1.82) is 0 Å². The van der Waals surface area contributed by atoms with Crippen molar-refractivity contribution < 1.29 is 4.74 Å². The Bertz CT molecular complexity index is 183. The molecular weight excluding hydrogens is 116 g/mol. The molecule has 1 rings (SSSR count). The smallest absolute Gasteiger partial charge is 0.232 e. The maximum absolute atomic E-state index is 5.09. The molecule has 1 heterocycles. The monoisotopic (exact) mass is 126 g/mol. The molecule has 0 saturated heterocycles. The first kappa shape index (κ1) is 6.13. The van der Waals surface area contributed by atoms with Crippen molar-refractivity contribution in [2.75, 3.05) is 6.61 Å². The van der Waals surface area contributed by atoms with E-state index in [9.17, 15) is 0 Å². The van der Waals surface area contributed by atoms with Crippen molar-refractivity contribution >= 4 is 0 Å². The highest BCUT2D eigenvalue weighted by Gasteiger charge is 1.91. The van der Waals surface area contributed by atoms with Crippen LogP contribution in [0.3, 0.4) is 0 Å². The van der Waals surface area contributed by atoms with Crippen LogP contribution in [0.2, 0.25) is 0 Å². The van der Waals surface area contributed by atoms with Crippen molar-refractivity contribution in [3.8, 4) is 5.88 Å². The van der Waals surface area contributed by atoms with Gasteiger partial charge in [-0.3, -0.25) is 4.68 Å². The molecular formula is C6H10N2O. The van der Waals surface area contributed by atoms with Gasteiger partial charge >= 0.3 is 0 Å². The third-order valence-electron chi connectivity index (χ3n) is 0.981. The number of aromatic nitrogens is 2. The van der Waals surface area contributed by atoms with Crippen LogP contribution < -0.4 is 4.74 Å². The van der Waals surface area contributed by atoms with Crippen LogP contribution in [0.25, 0.3) is 0 Å². The van der Waals surface area contributed by atoms with Gasteiger partial charge in [0.15, 0.2) is 0 Å². The first-order valence-electron chi connectivity index (χ1n) is 2.95. The van der Waals surface area contributed by atoms with E-state index >= 15 is 0 Å². The van der Waals surface area contributed by atoms with Crippen LogP contribution in [0.5, 0.6) is 5.88 Å². The van der Waals surface area contributed by atoms with Crippen LogP contribution in [-0.4, -0.2) is 16.4 Å². The van der Waals surface area contributed by atoms with E-state index in [1.807, 2.05) is 26.2 Å². The standard InChI is InChI=1S/C6H10N2O/c1-3-9-6-4-5-8(2)7-6/h4-5H,3H2,1-2H3. The molecule has 0 aliphatic rings. The zero-order chi connectivity index (χ0) is 6.69. The Morgan fingerprint density at radius 3 is 3.00 bits per heavy atom. The van der Waals surface area contributed by atoms with E-state index in [4.69, 9.17) is 4.74 Å². The minimum absolute atomic E-state index is 0.678. The Hall–Kier alpha value is -0.990. The second-order valence-electron chi connectivity index (χ2n) is 1.76. The molecule has 0 radical (unpaired) electrons. The quantitative estimate of drug-likeness (QED) is 0.586. The molecule has 0 amide bonds. The number of nitrogens with zero attached hydrogens (tertiary/aromatic N) is 2. The molecule has 0 atom stereocenters. The van der Waals surface area contributed by atoms with E-state index in [0.717, 1.165) is 0 Å². The molecule has 0 fully saturated rings. The van der Waals surface area contributed by atoms with Crippen molar-refractivity contribution in [2.45, 2.75) is 6.92 Å². The third kappa shape index (κ3) is 1.45. The largest absolute Gasteiger partial charge is 0.477 e. The minimum Gasteiger partial charge on any atom is -0.477 e. The van der Waals surface area contributed by atoms with E-state index < -0.39 is 0 Å². The number of aryl methyl sites for hydroxylation is 1. The Morgan fingerprint density at radius 1 is 1.78 bits per heavy atom. The summed E-state index contributed by atoms with van der Waals surface area (Å²) in [6, 6.07) is 1.84. The predicted molar refractivity (Wildman–Crippen MR) is 34.4 cm³/mol.